The van der Waals surface area contributed by atoms with Crippen molar-refractivity contribution in [3.05, 3.63) is 59.6 Å². The summed E-state index contributed by atoms with van der Waals surface area (Å²) in [6.45, 7) is 3.19. The maximum atomic E-state index is 14.5. The molecule has 0 unspecified atom stereocenters. The van der Waals surface area contributed by atoms with Crippen molar-refractivity contribution in [2.24, 2.45) is 0 Å². The van der Waals surface area contributed by atoms with Gasteiger partial charge in [0.05, 0.1) is 27.7 Å². The lowest BCUT2D eigenvalue weighted by atomic mass is 10.2. The van der Waals surface area contributed by atoms with Crippen LogP contribution in [0.1, 0.15) is 13.8 Å². The first-order chi connectivity index (χ1) is 15.2. The monoisotopic (exact) mass is 475 g/mol. The third-order valence-electron chi connectivity index (χ3n) is 4.82. The van der Waals surface area contributed by atoms with Crippen molar-refractivity contribution in [1.29, 1.82) is 0 Å². The first kappa shape index (κ1) is 21.8. The minimum atomic E-state index is -3.56. The lowest BCUT2D eigenvalue weighted by Crippen LogP contribution is -2.15. The van der Waals surface area contributed by atoms with Crippen LogP contribution in [0.4, 0.5) is 27.5 Å². The normalized spacial score (nSPS) is 11.8. The lowest BCUT2D eigenvalue weighted by molar-refractivity contribution is 0.462. The summed E-state index contributed by atoms with van der Waals surface area (Å²) in [7, 11) is -3.56. The molecule has 8 nitrogen and oxygen atoms in total. The van der Waals surface area contributed by atoms with Gasteiger partial charge in [-0.3, -0.25) is 0 Å². The van der Waals surface area contributed by atoms with Gasteiger partial charge in [-0.05, 0) is 38.1 Å². The molecule has 0 fully saturated rings. The van der Waals surface area contributed by atoms with Gasteiger partial charge in [-0.1, -0.05) is 23.7 Å². The third-order valence-corrected chi connectivity index (χ3v) is 7.30. The second kappa shape index (κ2) is 8.29. The molecule has 2 heterocycles. The first-order valence-electron chi connectivity index (χ1n) is 9.56. The standard InChI is InChI=1S/C21H19ClFN5O3S/c1-11(2)32(30,31)18-6-4-3-5-16(18)26-19-14(22)10-25-21(28-19)27-17-8-13-12(7-15(17)23)9-24-20(13)29/h3-11,24,29H,1-2H3,(H2,25,26,27,28). The van der Waals surface area contributed by atoms with Crippen molar-refractivity contribution in [3.8, 4) is 5.88 Å². The second-order valence-electron chi connectivity index (χ2n) is 7.29. The molecule has 0 saturated carbocycles. The number of H-pyrrole nitrogens is 1. The van der Waals surface area contributed by atoms with Crippen LogP contribution < -0.4 is 10.6 Å². The maximum absolute atomic E-state index is 14.5. The molecule has 4 N–H and O–H groups in total. The fourth-order valence-electron chi connectivity index (χ4n) is 3.07. The summed E-state index contributed by atoms with van der Waals surface area (Å²) in [5.74, 6) is -0.501. The number of aromatic amines is 1. The molecule has 0 bridgehead atoms. The lowest BCUT2D eigenvalue weighted by Gasteiger charge is -2.15. The predicted octanol–water partition coefficient (Wildman–Crippen LogP) is 5.13. The van der Waals surface area contributed by atoms with E-state index in [2.05, 4.69) is 25.6 Å². The van der Waals surface area contributed by atoms with Crippen LogP contribution in [0, 0.1) is 5.82 Å². The Bertz CT molecular complexity index is 1420. The molecule has 166 valence electrons. The quantitative estimate of drug-likeness (QED) is 0.305. The Kier molecular flexibility index (Phi) is 5.66. The molecule has 11 heteroatoms. The zero-order valence-electron chi connectivity index (χ0n) is 17.0. The van der Waals surface area contributed by atoms with Crippen LogP contribution in [0.25, 0.3) is 10.8 Å². The number of aromatic hydroxyl groups is 1. The van der Waals surface area contributed by atoms with Crippen LogP contribution in [-0.2, 0) is 9.84 Å². The van der Waals surface area contributed by atoms with Crippen molar-refractivity contribution in [2.75, 3.05) is 10.6 Å². The third kappa shape index (κ3) is 4.06. The number of nitrogens with zero attached hydrogens (tertiary/aromatic N) is 2. The van der Waals surface area contributed by atoms with E-state index in [0.29, 0.717) is 16.5 Å². The SMILES string of the molecule is CC(C)S(=O)(=O)c1ccccc1Nc1nc(Nc2cc3c(O)[nH]cc3cc2F)ncc1Cl. The Morgan fingerprint density at radius 3 is 2.66 bits per heavy atom. The fourth-order valence-corrected chi connectivity index (χ4v) is 4.41. The fraction of sp³-hybridized carbons (Fsp3) is 0.143. The van der Waals surface area contributed by atoms with Crippen LogP contribution in [0.2, 0.25) is 5.02 Å². The number of halogens is 2. The number of hydrogen-bond acceptors (Lipinski definition) is 7. The largest absolute Gasteiger partial charge is 0.494 e. The van der Waals surface area contributed by atoms with E-state index in [1.807, 2.05) is 0 Å². The summed E-state index contributed by atoms with van der Waals surface area (Å²) >= 11 is 6.22. The van der Waals surface area contributed by atoms with Crippen LogP contribution >= 0.6 is 11.6 Å². The molecule has 0 radical (unpaired) electrons. The van der Waals surface area contributed by atoms with E-state index in [1.165, 1.54) is 30.6 Å². The Labute approximate surface area is 188 Å². The van der Waals surface area contributed by atoms with E-state index in [-0.39, 0.29) is 33.3 Å². The summed E-state index contributed by atoms with van der Waals surface area (Å²) in [6.07, 6.45) is 2.80. The van der Waals surface area contributed by atoms with Crippen LogP contribution in [0.5, 0.6) is 5.88 Å². The van der Waals surface area contributed by atoms with Gasteiger partial charge in [-0.15, -0.1) is 0 Å². The predicted molar refractivity (Wildman–Crippen MR) is 122 cm³/mol. The van der Waals surface area contributed by atoms with Crippen molar-refractivity contribution in [3.63, 3.8) is 0 Å². The number of rotatable bonds is 6. The van der Waals surface area contributed by atoms with Gasteiger partial charge in [0.2, 0.25) is 5.95 Å². The van der Waals surface area contributed by atoms with Gasteiger partial charge >= 0.3 is 0 Å². The molecule has 2 aromatic heterocycles. The average Bonchev–Trinajstić information content (AvgIpc) is 3.10. The molecule has 4 aromatic rings. The molecule has 0 aliphatic rings. The van der Waals surface area contributed by atoms with E-state index >= 15 is 0 Å². The Balaban J connectivity index is 1.68. The highest BCUT2D eigenvalue weighted by Gasteiger charge is 2.23. The van der Waals surface area contributed by atoms with E-state index in [4.69, 9.17) is 11.6 Å². The molecular weight excluding hydrogens is 457 g/mol. The van der Waals surface area contributed by atoms with Gasteiger partial charge in [0.1, 0.15) is 10.8 Å². The van der Waals surface area contributed by atoms with Crippen LogP contribution in [0.15, 0.2) is 53.7 Å². The minimum Gasteiger partial charge on any atom is -0.494 e. The number of nitrogens with one attached hydrogen (secondary N) is 3. The topological polar surface area (TPSA) is 120 Å². The van der Waals surface area contributed by atoms with Crippen LogP contribution in [-0.4, -0.2) is 33.7 Å². The maximum Gasteiger partial charge on any atom is 0.229 e. The second-order valence-corrected chi connectivity index (χ2v) is 10.2. The molecule has 2 aromatic carbocycles. The zero-order valence-corrected chi connectivity index (χ0v) is 18.6. The average molecular weight is 476 g/mol. The van der Waals surface area contributed by atoms with Crippen molar-refractivity contribution in [1.82, 2.24) is 15.0 Å². The summed E-state index contributed by atoms with van der Waals surface area (Å²) < 4.78 is 39.9. The number of anilines is 4. The number of fused-ring (bicyclic) bond motifs is 1. The number of hydrogen-bond donors (Lipinski definition) is 4. The summed E-state index contributed by atoms with van der Waals surface area (Å²) in [4.78, 5) is 11.0. The molecule has 32 heavy (non-hydrogen) atoms. The van der Waals surface area contributed by atoms with Gasteiger partial charge in [-0.25, -0.2) is 17.8 Å². The minimum absolute atomic E-state index is 0.0226. The molecular formula is C21H19ClFN5O3S. The van der Waals surface area contributed by atoms with Gasteiger partial charge in [0, 0.05) is 17.0 Å². The molecule has 0 aliphatic heterocycles. The van der Waals surface area contributed by atoms with Gasteiger partial charge in [0.15, 0.2) is 21.5 Å². The number of aromatic nitrogens is 3. The van der Waals surface area contributed by atoms with E-state index in [9.17, 15) is 17.9 Å². The summed E-state index contributed by atoms with van der Waals surface area (Å²) in [6, 6.07) is 9.10. The van der Waals surface area contributed by atoms with E-state index in [0.717, 1.165) is 0 Å². The van der Waals surface area contributed by atoms with Gasteiger partial charge in [0.25, 0.3) is 0 Å². The molecule has 0 aliphatic carbocycles. The molecule has 0 amide bonds. The van der Waals surface area contributed by atoms with Crippen molar-refractivity contribution in [2.45, 2.75) is 24.0 Å². The number of sulfone groups is 1. The Hall–Kier alpha value is -3.37. The summed E-state index contributed by atoms with van der Waals surface area (Å²) in [5.41, 5.74) is 0.348. The molecule has 0 spiro atoms. The number of para-hydroxylation sites is 1. The highest BCUT2D eigenvalue weighted by Crippen LogP contribution is 2.32. The molecule has 4 rings (SSSR count). The smallest absolute Gasteiger partial charge is 0.229 e. The zero-order chi connectivity index (χ0) is 23.0. The van der Waals surface area contributed by atoms with Crippen molar-refractivity contribution >= 4 is 55.4 Å². The van der Waals surface area contributed by atoms with E-state index in [1.54, 1.807) is 32.0 Å². The van der Waals surface area contributed by atoms with Gasteiger partial charge < -0.3 is 20.7 Å². The Morgan fingerprint density at radius 2 is 1.91 bits per heavy atom. The summed E-state index contributed by atoms with van der Waals surface area (Å²) in [5, 5.41) is 16.0. The van der Waals surface area contributed by atoms with Crippen LogP contribution in [0.3, 0.4) is 0 Å². The highest BCUT2D eigenvalue weighted by molar-refractivity contribution is 7.92. The van der Waals surface area contributed by atoms with E-state index < -0.39 is 20.9 Å². The van der Waals surface area contributed by atoms with Gasteiger partial charge in [-0.2, -0.15) is 4.98 Å². The molecule has 0 saturated heterocycles. The Morgan fingerprint density at radius 1 is 1.16 bits per heavy atom. The van der Waals surface area contributed by atoms with Crippen molar-refractivity contribution < 1.29 is 17.9 Å². The number of benzene rings is 2. The highest BCUT2D eigenvalue weighted by atomic mass is 35.5. The first-order valence-corrected chi connectivity index (χ1v) is 11.5. The molecule has 0 atom stereocenters.